The van der Waals surface area contributed by atoms with E-state index in [-0.39, 0.29) is 31.6 Å². The minimum absolute atomic E-state index is 0.0808. The molecular weight excluding hydrogens is 254 g/mol. The van der Waals surface area contributed by atoms with Crippen LogP contribution in [0.4, 0.5) is 4.79 Å². The van der Waals surface area contributed by atoms with Crippen LogP contribution in [0.25, 0.3) is 0 Å². The number of piperazine rings is 1. The quantitative estimate of drug-likeness (QED) is 0.596. The molecule has 0 saturated carbocycles. The maximum absolute atomic E-state index is 11.9. The molecule has 0 aliphatic carbocycles. The Morgan fingerprint density at radius 1 is 1.63 bits per heavy atom. The van der Waals surface area contributed by atoms with E-state index in [9.17, 15) is 14.4 Å². The van der Waals surface area contributed by atoms with Crippen molar-refractivity contribution in [2.75, 3.05) is 26.2 Å². The number of ether oxygens (including phenoxy) is 1. The van der Waals surface area contributed by atoms with Crippen molar-refractivity contribution in [1.29, 1.82) is 0 Å². The molecule has 2 unspecified atom stereocenters. The van der Waals surface area contributed by atoms with Crippen LogP contribution in [0.2, 0.25) is 0 Å². The molecule has 108 valence electrons. The van der Waals surface area contributed by atoms with Gasteiger partial charge in [-0.1, -0.05) is 0 Å². The van der Waals surface area contributed by atoms with Crippen molar-refractivity contribution in [2.24, 2.45) is 0 Å². The second kappa shape index (κ2) is 6.93. The van der Waals surface area contributed by atoms with Gasteiger partial charge in [-0.05, 0) is 13.8 Å². The summed E-state index contributed by atoms with van der Waals surface area (Å²) in [5.41, 5.74) is 0. The van der Waals surface area contributed by atoms with E-state index in [4.69, 9.17) is 9.84 Å². The van der Waals surface area contributed by atoms with Crippen LogP contribution in [0.15, 0.2) is 0 Å². The van der Waals surface area contributed by atoms with E-state index < -0.39 is 18.0 Å². The van der Waals surface area contributed by atoms with E-state index in [1.165, 1.54) is 0 Å². The number of carbonyl (C=O) groups excluding carboxylic acids is 2. The van der Waals surface area contributed by atoms with Crippen LogP contribution in [0, 0.1) is 0 Å². The number of amides is 3. The molecule has 0 aromatic rings. The highest BCUT2D eigenvalue weighted by Gasteiger charge is 2.35. The van der Waals surface area contributed by atoms with Gasteiger partial charge in [0.05, 0.1) is 6.10 Å². The van der Waals surface area contributed by atoms with Crippen molar-refractivity contribution in [1.82, 2.24) is 15.5 Å². The molecule has 3 amide bonds. The van der Waals surface area contributed by atoms with Crippen LogP contribution in [0.3, 0.4) is 0 Å². The second-order valence-corrected chi connectivity index (χ2v) is 4.24. The van der Waals surface area contributed by atoms with Crippen LogP contribution >= 0.6 is 0 Å². The van der Waals surface area contributed by atoms with E-state index in [2.05, 4.69) is 10.6 Å². The Kier molecular flexibility index (Phi) is 5.56. The number of carboxylic acids is 1. The summed E-state index contributed by atoms with van der Waals surface area (Å²) in [6.07, 6.45) is -0.171. The predicted octanol–water partition coefficient (Wildman–Crippen LogP) is -0.994. The number of hydrogen-bond donors (Lipinski definition) is 3. The lowest BCUT2D eigenvalue weighted by molar-refractivity contribution is -0.144. The Hall–Kier alpha value is -1.83. The van der Waals surface area contributed by atoms with Crippen molar-refractivity contribution in [3.05, 3.63) is 0 Å². The van der Waals surface area contributed by atoms with E-state index in [0.717, 1.165) is 4.90 Å². The molecule has 0 aromatic carbocycles. The first kappa shape index (κ1) is 15.2. The largest absolute Gasteiger partial charge is 0.480 e. The maximum Gasteiger partial charge on any atom is 0.328 e. The van der Waals surface area contributed by atoms with Gasteiger partial charge in [-0.15, -0.1) is 0 Å². The summed E-state index contributed by atoms with van der Waals surface area (Å²) in [6, 6.07) is -1.62. The topological polar surface area (TPSA) is 108 Å². The van der Waals surface area contributed by atoms with E-state index in [1.54, 1.807) is 6.92 Å². The number of urea groups is 1. The van der Waals surface area contributed by atoms with Crippen molar-refractivity contribution in [3.63, 3.8) is 0 Å². The van der Waals surface area contributed by atoms with E-state index in [1.807, 2.05) is 6.92 Å². The third-order valence-electron chi connectivity index (χ3n) is 2.72. The fourth-order valence-electron chi connectivity index (χ4n) is 1.75. The normalized spacial score (nSPS) is 20.6. The second-order valence-electron chi connectivity index (χ2n) is 4.24. The third-order valence-corrected chi connectivity index (χ3v) is 2.72. The predicted molar refractivity (Wildman–Crippen MR) is 65.6 cm³/mol. The van der Waals surface area contributed by atoms with Gasteiger partial charge < -0.3 is 20.5 Å². The van der Waals surface area contributed by atoms with Crippen LogP contribution in [0.1, 0.15) is 13.8 Å². The van der Waals surface area contributed by atoms with Gasteiger partial charge in [0.1, 0.15) is 12.6 Å². The Labute approximate surface area is 111 Å². The van der Waals surface area contributed by atoms with Gasteiger partial charge in [-0.2, -0.15) is 0 Å². The summed E-state index contributed by atoms with van der Waals surface area (Å²) in [7, 11) is 0. The molecule has 2 atom stereocenters. The molecule has 1 saturated heterocycles. The van der Waals surface area contributed by atoms with Gasteiger partial charge in [0, 0.05) is 19.7 Å². The van der Waals surface area contributed by atoms with Gasteiger partial charge in [-0.3, -0.25) is 9.69 Å². The molecule has 8 nitrogen and oxygen atoms in total. The maximum atomic E-state index is 11.9. The Morgan fingerprint density at radius 3 is 2.89 bits per heavy atom. The SMILES string of the molecule is CCOC(C)CNC(=O)N1CC(=O)NCC1C(=O)O. The van der Waals surface area contributed by atoms with Gasteiger partial charge in [0.2, 0.25) is 5.91 Å². The lowest BCUT2D eigenvalue weighted by Crippen LogP contribution is -2.61. The van der Waals surface area contributed by atoms with E-state index in [0.29, 0.717) is 6.61 Å². The summed E-state index contributed by atoms with van der Waals surface area (Å²) in [6.45, 7) is 4.08. The smallest absolute Gasteiger partial charge is 0.328 e. The summed E-state index contributed by atoms with van der Waals surface area (Å²) in [5, 5.41) is 14.0. The Morgan fingerprint density at radius 2 is 2.32 bits per heavy atom. The first-order valence-corrected chi connectivity index (χ1v) is 6.11. The summed E-state index contributed by atoms with van der Waals surface area (Å²) < 4.78 is 5.25. The monoisotopic (exact) mass is 273 g/mol. The number of carboxylic acid groups (broad SMARTS) is 1. The molecule has 1 rings (SSSR count). The number of nitrogens with zero attached hydrogens (tertiary/aromatic N) is 1. The Balaban J connectivity index is 2.56. The van der Waals surface area contributed by atoms with Crippen molar-refractivity contribution >= 4 is 17.9 Å². The minimum Gasteiger partial charge on any atom is -0.480 e. The molecule has 8 heteroatoms. The fourth-order valence-corrected chi connectivity index (χ4v) is 1.75. The standard InChI is InChI=1S/C11H19N3O5/c1-3-19-7(2)4-13-11(18)14-6-9(15)12-5-8(14)10(16)17/h7-8H,3-6H2,1-2H3,(H,12,15)(H,13,18)(H,16,17). The van der Waals surface area contributed by atoms with Gasteiger partial charge in [0.25, 0.3) is 0 Å². The molecule has 1 heterocycles. The summed E-state index contributed by atoms with van der Waals surface area (Å²) in [4.78, 5) is 35.2. The molecule has 0 radical (unpaired) electrons. The molecule has 1 aliphatic heterocycles. The zero-order valence-corrected chi connectivity index (χ0v) is 11.0. The molecule has 0 spiro atoms. The first-order chi connectivity index (χ1) is 8.95. The average Bonchev–Trinajstić information content (AvgIpc) is 2.35. The molecule has 1 aliphatic rings. The number of nitrogens with one attached hydrogen (secondary N) is 2. The van der Waals surface area contributed by atoms with Gasteiger partial charge in [-0.25, -0.2) is 9.59 Å². The first-order valence-electron chi connectivity index (χ1n) is 6.11. The average molecular weight is 273 g/mol. The lowest BCUT2D eigenvalue weighted by atomic mass is 10.2. The van der Waals surface area contributed by atoms with Crippen LogP contribution in [0.5, 0.6) is 0 Å². The summed E-state index contributed by atoms with van der Waals surface area (Å²) in [5.74, 6) is -1.52. The number of hydrogen-bond acceptors (Lipinski definition) is 4. The van der Waals surface area contributed by atoms with Crippen LogP contribution < -0.4 is 10.6 Å². The van der Waals surface area contributed by atoms with Crippen molar-refractivity contribution in [3.8, 4) is 0 Å². The van der Waals surface area contributed by atoms with Crippen LogP contribution in [-0.2, 0) is 14.3 Å². The molecular formula is C11H19N3O5. The molecule has 19 heavy (non-hydrogen) atoms. The van der Waals surface area contributed by atoms with Crippen molar-refractivity contribution in [2.45, 2.75) is 26.0 Å². The zero-order chi connectivity index (χ0) is 14.4. The number of aliphatic carboxylic acids is 1. The van der Waals surface area contributed by atoms with Gasteiger partial charge in [0.15, 0.2) is 0 Å². The molecule has 0 bridgehead atoms. The highest BCUT2D eigenvalue weighted by Crippen LogP contribution is 2.05. The minimum atomic E-state index is -1.15. The highest BCUT2D eigenvalue weighted by molar-refractivity contribution is 5.90. The highest BCUT2D eigenvalue weighted by atomic mass is 16.5. The van der Waals surface area contributed by atoms with E-state index >= 15 is 0 Å². The van der Waals surface area contributed by atoms with Gasteiger partial charge >= 0.3 is 12.0 Å². The zero-order valence-electron chi connectivity index (χ0n) is 11.0. The van der Waals surface area contributed by atoms with Crippen LogP contribution in [-0.4, -0.2) is 66.3 Å². The number of rotatable bonds is 5. The lowest BCUT2D eigenvalue weighted by Gasteiger charge is -2.32. The number of carbonyl (C=O) groups is 3. The summed E-state index contributed by atoms with van der Waals surface area (Å²) >= 11 is 0. The van der Waals surface area contributed by atoms with Crippen molar-refractivity contribution < 1.29 is 24.2 Å². The molecule has 1 fully saturated rings. The Bertz CT molecular complexity index is 360. The molecule has 0 aromatic heterocycles. The third kappa shape index (κ3) is 4.40. The fraction of sp³-hybridized carbons (Fsp3) is 0.727. The molecule has 3 N–H and O–H groups in total.